The number of carbonyl (C=O) groups is 1. The molecule has 0 saturated heterocycles. The molecule has 24 heavy (non-hydrogen) atoms. The van der Waals surface area contributed by atoms with Crippen molar-refractivity contribution in [3.05, 3.63) is 46.0 Å². The monoisotopic (exact) mass is 414 g/mol. The zero-order chi connectivity index (χ0) is 16.3. The van der Waals surface area contributed by atoms with Gasteiger partial charge in [-0.3, -0.25) is 4.79 Å². The van der Waals surface area contributed by atoms with Crippen LogP contribution in [0.1, 0.15) is 47.8 Å². The first-order valence-corrected chi connectivity index (χ1v) is 8.52. The summed E-state index contributed by atoms with van der Waals surface area (Å²) in [5.41, 5.74) is 6.48. The lowest BCUT2D eigenvalue weighted by atomic mass is 9.99. The molecular formula is C16H20BrClN4O2. The number of rotatable bonds is 5. The van der Waals surface area contributed by atoms with Crippen LogP contribution in [0.3, 0.4) is 0 Å². The van der Waals surface area contributed by atoms with Crippen LogP contribution in [0.2, 0.25) is 0 Å². The van der Waals surface area contributed by atoms with E-state index in [9.17, 15) is 4.79 Å². The van der Waals surface area contributed by atoms with Crippen LogP contribution in [0.15, 0.2) is 33.3 Å². The highest BCUT2D eigenvalue weighted by molar-refractivity contribution is 9.10. The largest absolute Gasteiger partial charge is 0.352 e. The van der Waals surface area contributed by atoms with Gasteiger partial charge in [0.05, 0.1) is 5.54 Å². The molecule has 1 aliphatic carbocycles. The van der Waals surface area contributed by atoms with E-state index < -0.39 is 5.54 Å². The summed E-state index contributed by atoms with van der Waals surface area (Å²) in [4.78, 5) is 16.4. The molecule has 1 heterocycles. The third-order valence-electron chi connectivity index (χ3n) is 4.14. The third-order valence-corrected chi connectivity index (χ3v) is 4.67. The number of aromatic nitrogens is 2. The molecule has 1 amide bonds. The van der Waals surface area contributed by atoms with Crippen LogP contribution in [0.4, 0.5) is 0 Å². The lowest BCUT2D eigenvalue weighted by Gasteiger charge is -2.17. The van der Waals surface area contributed by atoms with Gasteiger partial charge in [0.2, 0.25) is 5.89 Å². The Balaban J connectivity index is 0.00000208. The van der Waals surface area contributed by atoms with Gasteiger partial charge < -0.3 is 15.6 Å². The van der Waals surface area contributed by atoms with Crippen molar-refractivity contribution in [3.63, 3.8) is 0 Å². The normalized spacial score (nSPS) is 15.8. The molecule has 130 valence electrons. The third kappa shape index (κ3) is 4.34. The van der Waals surface area contributed by atoms with E-state index in [0.717, 1.165) is 30.2 Å². The Morgan fingerprint density at radius 2 is 1.96 bits per heavy atom. The summed E-state index contributed by atoms with van der Waals surface area (Å²) < 4.78 is 6.19. The van der Waals surface area contributed by atoms with E-state index in [2.05, 4.69) is 31.4 Å². The summed E-state index contributed by atoms with van der Waals surface area (Å²) in [7, 11) is 0. The molecule has 1 fully saturated rings. The van der Waals surface area contributed by atoms with E-state index in [0.29, 0.717) is 30.2 Å². The second-order valence-corrected chi connectivity index (χ2v) is 6.80. The average molecular weight is 416 g/mol. The summed E-state index contributed by atoms with van der Waals surface area (Å²) in [6.45, 7) is 0.439. The number of benzene rings is 1. The SMILES string of the molecule is Cl.NC1(c2noc(CCNC(=O)c3ccc(Br)cc3)n2)CCCC1. The number of hydrogen-bond donors (Lipinski definition) is 2. The molecule has 0 unspecified atom stereocenters. The molecule has 6 nitrogen and oxygen atoms in total. The molecule has 3 N–H and O–H groups in total. The highest BCUT2D eigenvalue weighted by Gasteiger charge is 2.35. The van der Waals surface area contributed by atoms with Gasteiger partial charge in [0, 0.05) is 23.0 Å². The van der Waals surface area contributed by atoms with Gasteiger partial charge in [0.1, 0.15) is 0 Å². The fourth-order valence-corrected chi connectivity index (χ4v) is 3.04. The highest BCUT2D eigenvalue weighted by atomic mass is 79.9. The molecule has 1 aliphatic rings. The zero-order valence-electron chi connectivity index (χ0n) is 13.1. The van der Waals surface area contributed by atoms with Gasteiger partial charge in [-0.15, -0.1) is 12.4 Å². The van der Waals surface area contributed by atoms with Gasteiger partial charge in [0.15, 0.2) is 5.82 Å². The topological polar surface area (TPSA) is 94.0 Å². The summed E-state index contributed by atoms with van der Waals surface area (Å²) in [6, 6.07) is 7.20. The Morgan fingerprint density at radius 1 is 1.29 bits per heavy atom. The molecule has 3 rings (SSSR count). The predicted molar refractivity (Wildman–Crippen MR) is 96.1 cm³/mol. The molecule has 0 aliphatic heterocycles. The smallest absolute Gasteiger partial charge is 0.251 e. The van der Waals surface area contributed by atoms with Crippen molar-refractivity contribution >= 4 is 34.2 Å². The molecule has 0 bridgehead atoms. The van der Waals surface area contributed by atoms with Crippen molar-refractivity contribution in [2.45, 2.75) is 37.6 Å². The van der Waals surface area contributed by atoms with Crippen LogP contribution >= 0.6 is 28.3 Å². The van der Waals surface area contributed by atoms with Crippen LogP contribution in [0, 0.1) is 0 Å². The van der Waals surface area contributed by atoms with Crippen LogP contribution < -0.4 is 11.1 Å². The summed E-state index contributed by atoms with van der Waals surface area (Å²) >= 11 is 3.34. The highest BCUT2D eigenvalue weighted by Crippen LogP contribution is 2.34. The second-order valence-electron chi connectivity index (χ2n) is 5.89. The summed E-state index contributed by atoms with van der Waals surface area (Å²) in [5, 5.41) is 6.85. The van der Waals surface area contributed by atoms with Gasteiger partial charge in [-0.05, 0) is 37.1 Å². The van der Waals surface area contributed by atoms with Crippen LogP contribution in [0.5, 0.6) is 0 Å². The predicted octanol–water partition coefficient (Wildman–Crippen LogP) is 2.95. The van der Waals surface area contributed by atoms with Gasteiger partial charge in [-0.1, -0.05) is 33.9 Å². The molecule has 8 heteroatoms. The number of nitrogens with one attached hydrogen (secondary N) is 1. The van der Waals surface area contributed by atoms with E-state index in [4.69, 9.17) is 10.3 Å². The summed E-state index contributed by atoms with van der Waals surface area (Å²) in [5.74, 6) is 0.973. The van der Waals surface area contributed by atoms with Gasteiger partial charge >= 0.3 is 0 Å². The van der Waals surface area contributed by atoms with Crippen molar-refractivity contribution in [2.24, 2.45) is 5.73 Å². The number of carbonyl (C=O) groups excluding carboxylic acids is 1. The Labute approximate surface area is 155 Å². The van der Waals surface area contributed by atoms with E-state index in [-0.39, 0.29) is 18.3 Å². The van der Waals surface area contributed by atoms with Crippen molar-refractivity contribution in [1.29, 1.82) is 0 Å². The molecule has 2 aromatic rings. The summed E-state index contributed by atoms with van der Waals surface area (Å²) in [6.07, 6.45) is 4.48. The Kier molecular flexibility index (Phi) is 6.37. The fourth-order valence-electron chi connectivity index (χ4n) is 2.77. The number of halogens is 2. The quantitative estimate of drug-likeness (QED) is 0.783. The minimum Gasteiger partial charge on any atom is -0.352 e. The van der Waals surface area contributed by atoms with Crippen molar-refractivity contribution in [1.82, 2.24) is 15.5 Å². The molecule has 1 saturated carbocycles. The number of hydrogen-bond acceptors (Lipinski definition) is 5. The zero-order valence-corrected chi connectivity index (χ0v) is 15.5. The lowest BCUT2D eigenvalue weighted by molar-refractivity contribution is 0.0953. The molecule has 0 radical (unpaired) electrons. The number of nitrogens with zero attached hydrogens (tertiary/aromatic N) is 2. The molecule has 1 aromatic carbocycles. The van der Waals surface area contributed by atoms with Gasteiger partial charge in [-0.2, -0.15) is 4.98 Å². The first-order valence-electron chi connectivity index (χ1n) is 7.72. The molecule has 0 atom stereocenters. The van der Waals surface area contributed by atoms with E-state index in [1.165, 1.54) is 0 Å². The Morgan fingerprint density at radius 3 is 2.62 bits per heavy atom. The van der Waals surface area contributed by atoms with Crippen molar-refractivity contribution < 1.29 is 9.32 Å². The maximum atomic E-state index is 12.0. The van der Waals surface area contributed by atoms with E-state index >= 15 is 0 Å². The first kappa shape index (κ1) is 18.9. The number of amides is 1. The molecular weight excluding hydrogens is 396 g/mol. The van der Waals surface area contributed by atoms with Crippen molar-refractivity contribution in [2.75, 3.05) is 6.54 Å². The average Bonchev–Trinajstić information content (AvgIpc) is 3.18. The number of nitrogens with two attached hydrogens (primary N) is 1. The maximum Gasteiger partial charge on any atom is 0.251 e. The van der Waals surface area contributed by atoms with E-state index in [1.54, 1.807) is 12.1 Å². The van der Waals surface area contributed by atoms with Gasteiger partial charge in [0.25, 0.3) is 5.91 Å². The first-order chi connectivity index (χ1) is 11.1. The minimum absolute atomic E-state index is 0. The van der Waals surface area contributed by atoms with Crippen LogP contribution in [-0.4, -0.2) is 22.6 Å². The van der Waals surface area contributed by atoms with Crippen LogP contribution in [0.25, 0.3) is 0 Å². The second kappa shape index (κ2) is 8.09. The van der Waals surface area contributed by atoms with Gasteiger partial charge in [-0.25, -0.2) is 0 Å². The fraction of sp³-hybridized carbons (Fsp3) is 0.438. The minimum atomic E-state index is -0.442. The Hall–Kier alpha value is -1.44. The maximum absolute atomic E-state index is 12.0. The van der Waals surface area contributed by atoms with Crippen molar-refractivity contribution in [3.8, 4) is 0 Å². The van der Waals surface area contributed by atoms with E-state index in [1.807, 2.05) is 12.1 Å². The van der Waals surface area contributed by atoms with Crippen LogP contribution in [-0.2, 0) is 12.0 Å². The molecule has 1 aromatic heterocycles. The molecule has 0 spiro atoms. The lowest BCUT2D eigenvalue weighted by Crippen LogP contribution is -2.34. The Bertz CT molecular complexity index is 684. The standard InChI is InChI=1S/C16H19BrN4O2.ClH/c17-12-5-3-11(4-6-12)14(22)19-10-7-13-20-15(21-23-13)16(18)8-1-2-9-16;/h3-6H,1-2,7-10,18H2,(H,19,22);1H.